The summed E-state index contributed by atoms with van der Waals surface area (Å²) >= 11 is 0. The summed E-state index contributed by atoms with van der Waals surface area (Å²) in [4.78, 5) is 3.66. The second-order valence-electron chi connectivity index (χ2n) is 7.35. The molecule has 0 fully saturated rings. The maximum absolute atomic E-state index is 15.1. The van der Waals surface area contributed by atoms with Crippen molar-refractivity contribution in [2.24, 2.45) is 0 Å². The molecule has 0 aliphatic rings. The zero-order chi connectivity index (χ0) is 21.3. The predicted octanol–water partition coefficient (Wildman–Crippen LogP) is 6.86. The van der Waals surface area contributed by atoms with E-state index in [1.165, 1.54) is 0 Å². The molecule has 0 radical (unpaired) electrons. The molecule has 0 amide bonds. The number of benzene rings is 3. The van der Waals surface area contributed by atoms with Crippen LogP contribution >= 0.6 is 0 Å². The number of aromatic amines is 1. The van der Waals surface area contributed by atoms with Crippen LogP contribution in [0.1, 0.15) is 24.5 Å². The van der Waals surface area contributed by atoms with Crippen LogP contribution in [0.5, 0.6) is 5.75 Å². The second-order valence-corrected chi connectivity index (χ2v) is 7.35. The van der Waals surface area contributed by atoms with Gasteiger partial charge in [-0.05, 0) is 66.4 Å². The lowest BCUT2D eigenvalue weighted by molar-refractivity contribution is 0.415. The number of aryl methyl sites for hydroxylation is 2. The first-order valence-electron chi connectivity index (χ1n) is 9.89. The lowest BCUT2D eigenvalue weighted by atomic mass is 9.93. The van der Waals surface area contributed by atoms with Gasteiger partial charge in [0.2, 0.25) is 0 Å². The molecule has 150 valence electrons. The molecular formula is C25H22FN3O. The number of hydrogen-bond acceptors (Lipinski definition) is 2. The van der Waals surface area contributed by atoms with E-state index in [0.717, 1.165) is 51.9 Å². The minimum atomic E-state index is -0.294. The fourth-order valence-corrected chi connectivity index (χ4v) is 3.90. The van der Waals surface area contributed by atoms with E-state index < -0.39 is 0 Å². The van der Waals surface area contributed by atoms with Gasteiger partial charge in [0.05, 0.1) is 24.9 Å². The Balaban J connectivity index is 1.91. The van der Waals surface area contributed by atoms with E-state index in [2.05, 4.69) is 22.0 Å². The van der Waals surface area contributed by atoms with Gasteiger partial charge in [0.25, 0.3) is 0 Å². The molecule has 4 rings (SSSR count). The molecule has 0 saturated heterocycles. The molecule has 0 unspecified atom stereocenters. The molecule has 1 aromatic heterocycles. The highest BCUT2D eigenvalue weighted by atomic mass is 19.1. The average molecular weight is 399 g/mol. The molecule has 4 nitrogen and oxygen atoms in total. The third-order valence-electron chi connectivity index (χ3n) is 5.32. The van der Waals surface area contributed by atoms with Crippen LogP contribution < -0.4 is 4.74 Å². The standard InChI is InChI=1S/C25H22FN3O/c1-5-6-16-11-15(2)24(21(26)12-16)19-13-20-23(14-22(19)27-3)28-29-25(20)17-7-9-18(30-4)10-8-17/h7-14H,5-6H2,1-2,4H3,(H,28,29). The third kappa shape index (κ3) is 3.42. The summed E-state index contributed by atoms with van der Waals surface area (Å²) in [5, 5.41) is 8.30. The van der Waals surface area contributed by atoms with Gasteiger partial charge in [-0.1, -0.05) is 25.5 Å². The quantitative estimate of drug-likeness (QED) is 0.373. The van der Waals surface area contributed by atoms with Crippen molar-refractivity contribution >= 4 is 16.6 Å². The highest BCUT2D eigenvalue weighted by Gasteiger charge is 2.18. The summed E-state index contributed by atoms with van der Waals surface area (Å²) in [7, 11) is 1.62. The Morgan fingerprint density at radius 1 is 1.13 bits per heavy atom. The average Bonchev–Trinajstić information content (AvgIpc) is 3.16. The lowest BCUT2D eigenvalue weighted by Gasteiger charge is -2.13. The number of H-pyrrole nitrogens is 1. The smallest absolute Gasteiger partial charge is 0.197 e. The molecule has 0 spiro atoms. The van der Waals surface area contributed by atoms with Gasteiger partial charge in [-0.2, -0.15) is 5.10 Å². The monoisotopic (exact) mass is 399 g/mol. The summed E-state index contributed by atoms with van der Waals surface area (Å²) in [5.74, 6) is 0.469. The van der Waals surface area contributed by atoms with Gasteiger partial charge in [-0.25, -0.2) is 9.24 Å². The van der Waals surface area contributed by atoms with Crippen molar-refractivity contribution in [1.82, 2.24) is 10.2 Å². The van der Waals surface area contributed by atoms with Gasteiger partial charge < -0.3 is 4.74 Å². The van der Waals surface area contributed by atoms with Crippen LogP contribution in [0, 0.1) is 19.3 Å². The van der Waals surface area contributed by atoms with Crippen LogP contribution in [-0.4, -0.2) is 17.3 Å². The predicted molar refractivity (Wildman–Crippen MR) is 118 cm³/mol. The molecule has 0 bridgehead atoms. The van der Waals surface area contributed by atoms with Gasteiger partial charge in [0, 0.05) is 16.5 Å². The zero-order valence-electron chi connectivity index (χ0n) is 17.2. The Hall–Kier alpha value is -3.65. The Bertz CT molecular complexity index is 1240. The number of methoxy groups -OCH3 is 1. The number of nitrogens with one attached hydrogen (secondary N) is 1. The molecule has 30 heavy (non-hydrogen) atoms. The number of rotatable bonds is 5. The van der Waals surface area contributed by atoms with Gasteiger partial charge in [0.15, 0.2) is 5.69 Å². The zero-order valence-corrected chi connectivity index (χ0v) is 17.2. The van der Waals surface area contributed by atoms with E-state index in [9.17, 15) is 0 Å². The highest BCUT2D eigenvalue weighted by Crippen LogP contribution is 2.40. The minimum absolute atomic E-state index is 0.294. The fourth-order valence-electron chi connectivity index (χ4n) is 3.90. The van der Waals surface area contributed by atoms with E-state index in [1.54, 1.807) is 19.2 Å². The molecule has 0 saturated carbocycles. The van der Waals surface area contributed by atoms with Crippen LogP contribution in [0.4, 0.5) is 10.1 Å². The van der Waals surface area contributed by atoms with Crippen molar-refractivity contribution in [1.29, 1.82) is 0 Å². The first-order chi connectivity index (χ1) is 14.5. The van der Waals surface area contributed by atoms with Crippen molar-refractivity contribution in [3.63, 3.8) is 0 Å². The van der Waals surface area contributed by atoms with E-state index >= 15 is 4.39 Å². The van der Waals surface area contributed by atoms with Crippen molar-refractivity contribution in [2.75, 3.05) is 7.11 Å². The maximum Gasteiger partial charge on any atom is 0.197 e. The Kier molecular flexibility index (Phi) is 5.24. The van der Waals surface area contributed by atoms with Gasteiger partial charge in [-0.15, -0.1) is 0 Å². The van der Waals surface area contributed by atoms with Crippen LogP contribution in [0.25, 0.3) is 38.1 Å². The summed E-state index contributed by atoms with van der Waals surface area (Å²) in [6.07, 6.45) is 1.79. The van der Waals surface area contributed by atoms with Crippen molar-refractivity contribution in [2.45, 2.75) is 26.7 Å². The van der Waals surface area contributed by atoms with Crippen molar-refractivity contribution < 1.29 is 9.13 Å². The Morgan fingerprint density at radius 2 is 1.90 bits per heavy atom. The summed E-state index contributed by atoms with van der Waals surface area (Å²) in [5.41, 5.74) is 5.69. The van der Waals surface area contributed by atoms with E-state index in [-0.39, 0.29) is 5.82 Å². The van der Waals surface area contributed by atoms with Gasteiger partial charge in [-0.3, -0.25) is 5.10 Å². The van der Waals surface area contributed by atoms with E-state index in [4.69, 9.17) is 11.3 Å². The van der Waals surface area contributed by atoms with Crippen molar-refractivity contribution in [3.8, 4) is 28.1 Å². The fraction of sp³-hybridized carbons (Fsp3) is 0.200. The Morgan fingerprint density at radius 3 is 2.53 bits per heavy atom. The first-order valence-corrected chi connectivity index (χ1v) is 9.89. The van der Waals surface area contributed by atoms with E-state index in [0.29, 0.717) is 16.8 Å². The highest BCUT2D eigenvalue weighted by molar-refractivity contribution is 6.00. The summed E-state index contributed by atoms with van der Waals surface area (Å²) in [6.45, 7) is 11.6. The number of nitrogens with zero attached hydrogens (tertiary/aromatic N) is 2. The van der Waals surface area contributed by atoms with Crippen LogP contribution in [0.2, 0.25) is 0 Å². The third-order valence-corrected chi connectivity index (χ3v) is 5.32. The van der Waals surface area contributed by atoms with Crippen LogP contribution in [0.15, 0.2) is 48.5 Å². The number of hydrogen-bond donors (Lipinski definition) is 1. The van der Waals surface area contributed by atoms with E-state index in [1.807, 2.05) is 43.3 Å². The van der Waals surface area contributed by atoms with Gasteiger partial charge in [0.1, 0.15) is 11.6 Å². The largest absolute Gasteiger partial charge is 0.497 e. The maximum atomic E-state index is 15.1. The number of ether oxygens (including phenoxy) is 1. The SMILES string of the molecule is [C-]#[N+]c1cc2[nH]nc(-c3ccc(OC)cc3)c2cc1-c1c(C)cc(CCC)cc1F. The summed E-state index contributed by atoms with van der Waals surface area (Å²) < 4.78 is 20.4. The second kappa shape index (κ2) is 8.00. The number of aromatic nitrogens is 2. The molecule has 0 aliphatic heterocycles. The minimum Gasteiger partial charge on any atom is -0.497 e. The molecule has 0 atom stereocenters. The lowest BCUT2D eigenvalue weighted by Crippen LogP contribution is -1.94. The molecule has 1 N–H and O–H groups in total. The molecule has 3 aromatic carbocycles. The first kappa shape index (κ1) is 19.7. The van der Waals surface area contributed by atoms with Crippen LogP contribution in [-0.2, 0) is 6.42 Å². The number of fused-ring (bicyclic) bond motifs is 1. The molecule has 0 aliphatic carbocycles. The van der Waals surface area contributed by atoms with Gasteiger partial charge >= 0.3 is 0 Å². The molecular weight excluding hydrogens is 377 g/mol. The molecule has 5 heteroatoms. The number of halogens is 1. The molecule has 1 heterocycles. The topological polar surface area (TPSA) is 42.3 Å². The van der Waals surface area contributed by atoms with Crippen molar-refractivity contribution in [3.05, 3.63) is 76.9 Å². The normalized spacial score (nSPS) is 10.9. The Labute approximate surface area is 175 Å². The summed E-state index contributed by atoms with van der Waals surface area (Å²) in [6, 6.07) is 14.8. The molecule has 4 aromatic rings. The van der Waals surface area contributed by atoms with Crippen LogP contribution in [0.3, 0.4) is 0 Å².